The van der Waals surface area contributed by atoms with Crippen molar-refractivity contribution in [2.24, 2.45) is 0 Å². The van der Waals surface area contributed by atoms with Crippen molar-refractivity contribution in [3.63, 3.8) is 0 Å². The lowest BCUT2D eigenvalue weighted by Crippen LogP contribution is -1.87. The molecule has 0 amide bonds. The normalized spacial score (nSPS) is 9.75. The van der Waals surface area contributed by atoms with Gasteiger partial charge in [0.2, 0.25) is 0 Å². The van der Waals surface area contributed by atoms with Gasteiger partial charge in [-0.25, -0.2) is 4.98 Å². The Morgan fingerprint density at radius 2 is 2.31 bits per heavy atom. The van der Waals surface area contributed by atoms with Crippen LogP contribution in [0.5, 0.6) is 10.9 Å². The molecule has 0 spiro atoms. The molecule has 0 radical (unpaired) electrons. The second-order valence-electron chi connectivity index (χ2n) is 3.22. The molecule has 2 N–H and O–H groups in total. The predicted octanol–water partition coefficient (Wildman–Crippen LogP) is 2.70. The van der Waals surface area contributed by atoms with Crippen molar-refractivity contribution in [3.05, 3.63) is 35.5 Å². The largest absolute Gasteiger partial charge is 0.431 e. The molecular weight excluding hydrogens is 222 g/mol. The van der Waals surface area contributed by atoms with Gasteiger partial charge in [-0.2, -0.15) is 5.26 Å². The summed E-state index contributed by atoms with van der Waals surface area (Å²) in [6.07, 6.45) is 1.55. The first-order chi connectivity index (χ1) is 7.69. The summed E-state index contributed by atoms with van der Waals surface area (Å²) < 4.78 is 5.55. The maximum atomic E-state index is 8.78. The van der Waals surface area contributed by atoms with Gasteiger partial charge in [0.05, 0.1) is 17.8 Å². The third-order valence-corrected chi connectivity index (χ3v) is 2.72. The molecule has 0 atom stereocenters. The van der Waals surface area contributed by atoms with Crippen LogP contribution in [0.1, 0.15) is 11.1 Å². The number of ether oxygens (including phenoxy) is 1. The molecule has 80 valence electrons. The molecule has 0 fully saturated rings. The highest BCUT2D eigenvalue weighted by atomic mass is 32.1. The van der Waals surface area contributed by atoms with Crippen LogP contribution in [0, 0.1) is 18.3 Å². The van der Waals surface area contributed by atoms with E-state index in [1.54, 1.807) is 18.3 Å². The first-order valence-corrected chi connectivity index (χ1v) is 5.40. The molecule has 0 aliphatic heterocycles. The van der Waals surface area contributed by atoms with Crippen molar-refractivity contribution in [1.29, 1.82) is 5.26 Å². The Bertz CT molecular complexity index is 557. The van der Waals surface area contributed by atoms with Gasteiger partial charge >= 0.3 is 0 Å². The average molecular weight is 231 g/mol. The number of rotatable bonds is 2. The fourth-order valence-corrected chi connectivity index (χ4v) is 1.73. The summed E-state index contributed by atoms with van der Waals surface area (Å²) in [5.41, 5.74) is 7.06. The summed E-state index contributed by atoms with van der Waals surface area (Å²) in [7, 11) is 0. The van der Waals surface area contributed by atoms with Gasteiger partial charge in [0.25, 0.3) is 5.19 Å². The second kappa shape index (κ2) is 4.21. The van der Waals surface area contributed by atoms with Crippen LogP contribution in [0.3, 0.4) is 0 Å². The van der Waals surface area contributed by atoms with Gasteiger partial charge in [0.1, 0.15) is 10.8 Å². The smallest absolute Gasteiger partial charge is 0.280 e. The van der Waals surface area contributed by atoms with Gasteiger partial charge in [0, 0.05) is 0 Å². The zero-order valence-corrected chi connectivity index (χ0v) is 9.41. The van der Waals surface area contributed by atoms with Crippen molar-refractivity contribution in [3.8, 4) is 17.0 Å². The van der Waals surface area contributed by atoms with Crippen LogP contribution in [0.15, 0.2) is 24.4 Å². The molecule has 2 aromatic rings. The highest BCUT2D eigenvalue weighted by molar-refractivity contribution is 7.17. The molecule has 2 rings (SSSR count). The van der Waals surface area contributed by atoms with Crippen LogP contribution in [-0.4, -0.2) is 4.98 Å². The van der Waals surface area contributed by atoms with Crippen LogP contribution in [0.25, 0.3) is 0 Å². The van der Waals surface area contributed by atoms with E-state index in [0.717, 1.165) is 5.56 Å². The van der Waals surface area contributed by atoms with Crippen LogP contribution < -0.4 is 10.5 Å². The number of hydrogen-bond acceptors (Lipinski definition) is 5. The third-order valence-electron chi connectivity index (χ3n) is 2.02. The van der Waals surface area contributed by atoms with Gasteiger partial charge in [-0.3, -0.25) is 0 Å². The minimum Gasteiger partial charge on any atom is -0.431 e. The number of hydrogen-bond donors (Lipinski definition) is 1. The number of benzene rings is 1. The fraction of sp³-hybridized carbons (Fsp3) is 0.0909. The average Bonchev–Trinajstić information content (AvgIpc) is 2.67. The van der Waals surface area contributed by atoms with Gasteiger partial charge in [-0.05, 0) is 24.6 Å². The van der Waals surface area contributed by atoms with Crippen molar-refractivity contribution in [2.45, 2.75) is 6.92 Å². The molecule has 0 saturated carbocycles. The Morgan fingerprint density at radius 3 is 2.94 bits per heavy atom. The molecule has 0 saturated heterocycles. The summed E-state index contributed by atoms with van der Waals surface area (Å²) in [5.74, 6) is 0.633. The van der Waals surface area contributed by atoms with E-state index in [9.17, 15) is 0 Å². The number of nitrogen functional groups attached to an aromatic ring is 1. The maximum Gasteiger partial charge on any atom is 0.280 e. The van der Waals surface area contributed by atoms with Gasteiger partial charge in [-0.1, -0.05) is 17.4 Å². The molecule has 1 aromatic heterocycles. The second-order valence-corrected chi connectivity index (χ2v) is 4.25. The molecule has 16 heavy (non-hydrogen) atoms. The summed E-state index contributed by atoms with van der Waals surface area (Å²) in [6, 6.07) is 7.34. The van der Waals surface area contributed by atoms with E-state index in [-0.39, 0.29) is 0 Å². The van der Waals surface area contributed by atoms with E-state index in [1.807, 2.05) is 13.0 Å². The Labute approximate surface area is 96.9 Å². The molecule has 0 aliphatic rings. The summed E-state index contributed by atoms with van der Waals surface area (Å²) in [6.45, 7) is 1.91. The number of nitriles is 1. The topological polar surface area (TPSA) is 71.9 Å². The van der Waals surface area contributed by atoms with Crippen molar-refractivity contribution in [2.75, 3.05) is 5.73 Å². The first-order valence-electron chi connectivity index (χ1n) is 4.59. The van der Waals surface area contributed by atoms with Gasteiger partial charge in [-0.15, -0.1) is 0 Å². The Morgan fingerprint density at radius 1 is 1.50 bits per heavy atom. The molecule has 4 nitrogen and oxygen atoms in total. The summed E-state index contributed by atoms with van der Waals surface area (Å²) in [5, 5.41) is 9.87. The highest BCUT2D eigenvalue weighted by Crippen LogP contribution is 2.30. The van der Waals surface area contributed by atoms with Gasteiger partial charge in [0.15, 0.2) is 0 Å². The van der Waals surface area contributed by atoms with E-state index in [2.05, 4.69) is 11.1 Å². The van der Waals surface area contributed by atoms with Crippen molar-refractivity contribution >= 4 is 16.3 Å². The van der Waals surface area contributed by atoms with Crippen LogP contribution in [0.4, 0.5) is 5.00 Å². The third kappa shape index (κ3) is 2.12. The van der Waals surface area contributed by atoms with Crippen LogP contribution >= 0.6 is 11.3 Å². The monoisotopic (exact) mass is 231 g/mol. The summed E-state index contributed by atoms with van der Waals surface area (Å²) >= 11 is 1.27. The molecule has 0 aliphatic carbocycles. The molecule has 0 unspecified atom stereocenters. The molecule has 0 bridgehead atoms. The van der Waals surface area contributed by atoms with E-state index in [1.165, 1.54) is 11.3 Å². The lowest BCUT2D eigenvalue weighted by Gasteiger charge is -2.05. The van der Waals surface area contributed by atoms with Crippen molar-refractivity contribution < 1.29 is 4.74 Å². The first kappa shape index (κ1) is 10.5. The zero-order valence-electron chi connectivity index (χ0n) is 8.60. The van der Waals surface area contributed by atoms with Crippen LogP contribution in [-0.2, 0) is 0 Å². The zero-order chi connectivity index (χ0) is 11.5. The van der Waals surface area contributed by atoms with E-state index in [0.29, 0.717) is 21.5 Å². The van der Waals surface area contributed by atoms with Crippen molar-refractivity contribution in [1.82, 2.24) is 4.98 Å². The molecule has 5 heteroatoms. The lowest BCUT2D eigenvalue weighted by atomic mass is 10.1. The lowest BCUT2D eigenvalue weighted by molar-refractivity contribution is 0.475. The Hall–Kier alpha value is -2.06. The molecule has 1 aromatic carbocycles. The van der Waals surface area contributed by atoms with Crippen LogP contribution in [0.2, 0.25) is 0 Å². The molecular formula is C11H9N3OS. The summed E-state index contributed by atoms with van der Waals surface area (Å²) in [4.78, 5) is 4.00. The molecule has 1 heterocycles. The van der Waals surface area contributed by atoms with Gasteiger partial charge < -0.3 is 10.5 Å². The quantitative estimate of drug-likeness (QED) is 0.862. The predicted molar refractivity (Wildman–Crippen MR) is 62.5 cm³/mol. The Kier molecular flexibility index (Phi) is 2.75. The van der Waals surface area contributed by atoms with E-state index >= 15 is 0 Å². The SMILES string of the molecule is Cc1ccc(C#N)cc1Oc1ncc(N)s1. The number of aryl methyl sites for hydroxylation is 1. The standard InChI is InChI=1S/C11H9N3OS/c1-7-2-3-8(5-12)4-9(7)15-11-14-6-10(13)16-11/h2-4,6H,13H2,1H3. The van der Waals surface area contributed by atoms with E-state index < -0.39 is 0 Å². The fourth-order valence-electron chi connectivity index (χ4n) is 1.19. The van der Waals surface area contributed by atoms with E-state index in [4.69, 9.17) is 15.7 Å². The minimum absolute atomic E-state index is 0.482. The maximum absolute atomic E-state index is 8.78. The number of thiazole rings is 1. The number of nitrogens with zero attached hydrogens (tertiary/aromatic N) is 2. The Balaban J connectivity index is 2.30. The number of nitrogens with two attached hydrogens (primary N) is 1. The minimum atomic E-state index is 0.482. The number of aromatic nitrogens is 1. The number of anilines is 1. The highest BCUT2D eigenvalue weighted by Gasteiger charge is 2.06.